The normalized spacial score (nSPS) is 14.2. The van der Waals surface area contributed by atoms with Gasteiger partial charge in [-0.1, -0.05) is 13.0 Å². The fourth-order valence-corrected chi connectivity index (χ4v) is 2.73. The van der Waals surface area contributed by atoms with E-state index in [4.69, 9.17) is 4.74 Å². The molecule has 2 atom stereocenters. The number of Topliss-reactive ketones (excluding diaryl/α,β-unsaturated/α-hetero) is 1. The second-order valence-corrected chi connectivity index (χ2v) is 5.56. The van der Waals surface area contributed by atoms with E-state index in [2.05, 4.69) is 0 Å². The van der Waals surface area contributed by atoms with Gasteiger partial charge in [0.2, 0.25) is 0 Å². The average Bonchev–Trinajstić information content (AvgIpc) is 2.27. The second-order valence-electron chi connectivity index (χ2n) is 3.69. The summed E-state index contributed by atoms with van der Waals surface area (Å²) in [5.41, 5.74) is 0. The molecule has 16 heavy (non-hydrogen) atoms. The lowest BCUT2D eigenvalue weighted by Crippen LogP contribution is -2.14. The number of hydrogen-bond acceptors (Lipinski definition) is 3. The summed E-state index contributed by atoms with van der Waals surface area (Å²) >= 11 is 0. The van der Waals surface area contributed by atoms with Crippen molar-refractivity contribution < 1.29 is 13.7 Å². The van der Waals surface area contributed by atoms with Crippen molar-refractivity contribution in [1.29, 1.82) is 0 Å². The van der Waals surface area contributed by atoms with Gasteiger partial charge in [0.05, 0.1) is 17.9 Å². The number of ketones is 1. The first-order valence-electron chi connectivity index (χ1n) is 5.08. The third kappa shape index (κ3) is 3.45. The predicted octanol–water partition coefficient (Wildman–Crippen LogP) is 2.17. The van der Waals surface area contributed by atoms with Crippen molar-refractivity contribution >= 4 is 16.6 Å². The fourth-order valence-electron chi connectivity index (χ4n) is 1.44. The molecular formula is C12H16O3S. The van der Waals surface area contributed by atoms with Gasteiger partial charge >= 0.3 is 0 Å². The molecule has 0 aliphatic carbocycles. The molecule has 0 N–H and O–H groups in total. The van der Waals surface area contributed by atoms with Crippen LogP contribution in [0.2, 0.25) is 0 Å². The van der Waals surface area contributed by atoms with Crippen molar-refractivity contribution in [1.82, 2.24) is 0 Å². The van der Waals surface area contributed by atoms with Crippen LogP contribution in [0.1, 0.15) is 20.3 Å². The van der Waals surface area contributed by atoms with E-state index in [0.29, 0.717) is 17.1 Å². The zero-order chi connectivity index (χ0) is 12.1. The fraction of sp³-hybridized carbons (Fsp3) is 0.417. The van der Waals surface area contributed by atoms with Crippen LogP contribution in [-0.4, -0.2) is 22.4 Å². The largest absolute Gasteiger partial charge is 0.497 e. The molecule has 0 aromatic heterocycles. The molecule has 0 radical (unpaired) electrons. The van der Waals surface area contributed by atoms with E-state index >= 15 is 0 Å². The number of carbonyl (C=O) groups is 1. The number of rotatable bonds is 5. The summed E-state index contributed by atoms with van der Waals surface area (Å²) < 4.78 is 17.1. The van der Waals surface area contributed by atoms with Crippen LogP contribution >= 0.6 is 0 Å². The monoisotopic (exact) mass is 240 g/mol. The Morgan fingerprint density at radius 2 is 2.19 bits per heavy atom. The van der Waals surface area contributed by atoms with Gasteiger partial charge in [-0.25, -0.2) is 0 Å². The van der Waals surface area contributed by atoms with Gasteiger partial charge in [0.15, 0.2) is 0 Å². The standard InChI is InChI=1S/C12H16O3S/c1-9(13)7-10(2)16(14)12-6-4-5-11(8-12)15-3/h4-6,8,10H,7H2,1-3H3. The lowest BCUT2D eigenvalue weighted by atomic mass is 10.2. The van der Waals surface area contributed by atoms with Gasteiger partial charge in [0.25, 0.3) is 0 Å². The van der Waals surface area contributed by atoms with E-state index in [1.54, 1.807) is 31.4 Å². The maximum atomic E-state index is 12.1. The molecule has 88 valence electrons. The molecule has 0 heterocycles. The van der Waals surface area contributed by atoms with Crippen molar-refractivity contribution in [2.75, 3.05) is 7.11 Å². The number of hydrogen-bond donors (Lipinski definition) is 0. The Balaban J connectivity index is 2.83. The van der Waals surface area contributed by atoms with Crippen LogP contribution in [0.25, 0.3) is 0 Å². The van der Waals surface area contributed by atoms with E-state index in [9.17, 15) is 9.00 Å². The number of methoxy groups -OCH3 is 1. The van der Waals surface area contributed by atoms with Gasteiger partial charge < -0.3 is 4.74 Å². The number of benzene rings is 1. The van der Waals surface area contributed by atoms with Crippen LogP contribution in [0, 0.1) is 0 Å². The van der Waals surface area contributed by atoms with Crippen LogP contribution in [0.4, 0.5) is 0 Å². The quantitative estimate of drug-likeness (QED) is 0.792. The number of ether oxygens (including phenoxy) is 1. The highest BCUT2D eigenvalue weighted by atomic mass is 32.2. The first-order chi connectivity index (χ1) is 7.54. The highest BCUT2D eigenvalue weighted by Gasteiger charge is 2.15. The minimum absolute atomic E-state index is 0.0590. The third-order valence-corrected chi connectivity index (χ3v) is 3.83. The molecule has 0 amide bonds. The number of carbonyl (C=O) groups excluding carboxylic acids is 1. The highest BCUT2D eigenvalue weighted by molar-refractivity contribution is 7.85. The molecule has 1 rings (SSSR count). The summed E-state index contributed by atoms with van der Waals surface area (Å²) in [6, 6.07) is 7.13. The van der Waals surface area contributed by atoms with Crippen molar-refractivity contribution in [3.63, 3.8) is 0 Å². The molecule has 0 aliphatic heterocycles. The Kier molecular flexibility index (Phi) is 4.68. The van der Waals surface area contributed by atoms with Crippen molar-refractivity contribution in [2.45, 2.75) is 30.4 Å². The molecule has 0 saturated carbocycles. The molecule has 0 saturated heterocycles. The van der Waals surface area contributed by atoms with E-state index in [1.807, 2.05) is 6.92 Å². The van der Waals surface area contributed by atoms with Gasteiger partial charge in [0, 0.05) is 16.6 Å². The van der Waals surface area contributed by atoms with Gasteiger partial charge in [-0.05, 0) is 25.1 Å². The van der Waals surface area contributed by atoms with Crippen LogP contribution in [0.15, 0.2) is 29.2 Å². The van der Waals surface area contributed by atoms with Gasteiger partial charge in [-0.3, -0.25) is 9.00 Å². The first kappa shape index (κ1) is 12.9. The molecule has 1 aromatic rings. The summed E-state index contributed by atoms with van der Waals surface area (Å²) in [5, 5.41) is -0.162. The lowest BCUT2D eigenvalue weighted by Gasteiger charge is -2.10. The summed E-state index contributed by atoms with van der Waals surface area (Å²) in [4.78, 5) is 11.7. The van der Waals surface area contributed by atoms with Crippen molar-refractivity contribution in [3.8, 4) is 5.75 Å². The van der Waals surface area contributed by atoms with Crippen LogP contribution in [0.5, 0.6) is 5.75 Å². The summed E-state index contributed by atoms with van der Waals surface area (Å²) in [6.07, 6.45) is 0.337. The van der Waals surface area contributed by atoms with E-state index in [0.717, 1.165) is 0 Å². The molecule has 0 fully saturated rings. The van der Waals surface area contributed by atoms with Crippen molar-refractivity contribution in [3.05, 3.63) is 24.3 Å². The smallest absolute Gasteiger partial charge is 0.131 e. The second kappa shape index (κ2) is 5.80. The Bertz CT molecular complexity index is 401. The molecule has 0 aliphatic rings. The average molecular weight is 240 g/mol. The topological polar surface area (TPSA) is 43.4 Å². The summed E-state index contributed by atoms with van der Waals surface area (Å²) in [7, 11) is 0.409. The first-order valence-corrected chi connectivity index (χ1v) is 6.30. The Labute approximate surface area is 98.3 Å². The highest BCUT2D eigenvalue weighted by Crippen LogP contribution is 2.19. The van der Waals surface area contributed by atoms with E-state index in [1.165, 1.54) is 6.92 Å². The summed E-state index contributed by atoms with van der Waals surface area (Å²) in [5.74, 6) is 0.740. The van der Waals surface area contributed by atoms with Crippen LogP contribution in [-0.2, 0) is 15.6 Å². The predicted molar refractivity (Wildman–Crippen MR) is 64.2 cm³/mol. The molecule has 3 nitrogen and oxygen atoms in total. The lowest BCUT2D eigenvalue weighted by molar-refractivity contribution is -0.116. The van der Waals surface area contributed by atoms with Gasteiger partial charge in [-0.2, -0.15) is 0 Å². The van der Waals surface area contributed by atoms with E-state index < -0.39 is 10.8 Å². The van der Waals surface area contributed by atoms with Crippen LogP contribution < -0.4 is 4.74 Å². The minimum Gasteiger partial charge on any atom is -0.497 e. The molecule has 4 heteroatoms. The molecule has 0 bridgehead atoms. The third-order valence-electron chi connectivity index (χ3n) is 2.21. The van der Waals surface area contributed by atoms with Gasteiger partial charge in [-0.15, -0.1) is 0 Å². The van der Waals surface area contributed by atoms with Gasteiger partial charge in [0.1, 0.15) is 11.5 Å². The maximum absolute atomic E-state index is 12.1. The Morgan fingerprint density at radius 1 is 1.50 bits per heavy atom. The van der Waals surface area contributed by atoms with Crippen LogP contribution in [0.3, 0.4) is 0 Å². The molecular weight excluding hydrogens is 224 g/mol. The zero-order valence-electron chi connectivity index (χ0n) is 9.73. The van der Waals surface area contributed by atoms with Crippen molar-refractivity contribution in [2.24, 2.45) is 0 Å². The molecule has 2 unspecified atom stereocenters. The Hall–Kier alpha value is -1.16. The molecule has 0 spiro atoms. The molecule has 1 aromatic carbocycles. The zero-order valence-corrected chi connectivity index (χ0v) is 10.5. The maximum Gasteiger partial charge on any atom is 0.131 e. The minimum atomic E-state index is -1.16. The van der Waals surface area contributed by atoms with E-state index in [-0.39, 0.29) is 11.0 Å². The SMILES string of the molecule is COc1cccc(S(=O)C(C)CC(C)=O)c1. The Morgan fingerprint density at radius 3 is 2.75 bits per heavy atom. The summed E-state index contributed by atoms with van der Waals surface area (Å²) in [6.45, 7) is 3.33.